The predicted molar refractivity (Wildman–Crippen MR) is 113 cm³/mol. The molecule has 3 rings (SSSR count). The second-order valence-corrected chi connectivity index (χ2v) is 6.83. The van der Waals surface area contributed by atoms with Crippen molar-refractivity contribution in [2.75, 3.05) is 13.2 Å². The van der Waals surface area contributed by atoms with Crippen LogP contribution >= 0.6 is 11.6 Å². The lowest BCUT2D eigenvalue weighted by Crippen LogP contribution is -2.32. The van der Waals surface area contributed by atoms with Crippen molar-refractivity contribution < 1.29 is 9.53 Å². The summed E-state index contributed by atoms with van der Waals surface area (Å²) in [4.78, 5) is 24.2. The van der Waals surface area contributed by atoms with Gasteiger partial charge in [-0.15, -0.1) is 0 Å². The van der Waals surface area contributed by atoms with Crippen LogP contribution in [0.15, 0.2) is 65.5 Å². The Balaban J connectivity index is 1.59. The summed E-state index contributed by atoms with van der Waals surface area (Å²) in [7, 11) is 0. The number of nitrogens with one attached hydrogen (secondary N) is 1. The van der Waals surface area contributed by atoms with Crippen molar-refractivity contribution in [3.63, 3.8) is 0 Å². The first-order chi connectivity index (χ1) is 14.0. The molecule has 0 fully saturated rings. The molecule has 1 N–H and O–H groups in total. The molecule has 0 spiro atoms. The van der Waals surface area contributed by atoms with Crippen molar-refractivity contribution >= 4 is 17.5 Å². The second kappa shape index (κ2) is 9.89. The van der Waals surface area contributed by atoms with E-state index in [-0.39, 0.29) is 24.4 Å². The largest absolute Gasteiger partial charge is 0.494 e. The van der Waals surface area contributed by atoms with Gasteiger partial charge in [-0.3, -0.25) is 9.59 Å². The lowest BCUT2D eigenvalue weighted by molar-refractivity contribution is -0.120. The van der Waals surface area contributed by atoms with E-state index in [1.165, 1.54) is 10.7 Å². The molecule has 1 aromatic heterocycles. The number of hydrogen-bond donors (Lipinski definition) is 1. The van der Waals surface area contributed by atoms with Gasteiger partial charge in [0.15, 0.2) is 0 Å². The summed E-state index contributed by atoms with van der Waals surface area (Å²) >= 11 is 5.85. The molecule has 7 heteroatoms. The minimum atomic E-state index is -0.216. The fraction of sp³-hybridized carbons (Fsp3) is 0.227. The first-order valence-electron chi connectivity index (χ1n) is 9.37. The van der Waals surface area contributed by atoms with Gasteiger partial charge in [0.05, 0.1) is 25.3 Å². The van der Waals surface area contributed by atoms with Crippen LogP contribution < -0.4 is 15.6 Å². The van der Waals surface area contributed by atoms with Gasteiger partial charge in [0.25, 0.3) is 5.56 Å². The number of rotatable bonds is 8. The molecule has 0 bridgehead atoms. The highest BCUT2D eigenvalue weighted by molar-refractivity contribution is 6.30. The average molecular weight is 412 g/mol. The van der Waals surface area contributed by atoms with Crippen LogP contribution in [0.3, 0.4) is 0 Å². The Morgan fingerprint density at radius 2 is 1.79 bits per heavy atom. The highest BCUT2D eigenvalue weighted by Gasteiger charge is 2.06. The summed E-state index contributed by atoms with van der Waals surface area (Å²) < 4.78 is 6.80. The van der Waals surface area contributed by atoms with Gasteiger partial charge >= 0.3 is 0 Å². The molecule has 0 aliphatic heterocycles. The molecular formula is C22H22ClN3O3. The highest BCUT2D eigenvalue weighted by Crippen LogP contribution is 2.19. The van der Waals surface area contributed by atoms with E-state index >= 15 is 0 Å². The molecule has 0 aliphatic rings. The van der Waals surface area contributed by atoms with Crippen LogP contribution in [0.1, 0.15) is 12.5 Å². The van der Waals surface area contributed by atoms with Crippen LogP contribution in [-0.4, -0.2) is 28.8 Å². The van der Waals surface area contributed by atoms with Crippen molar-refractivity contribution in [2.24, 2.45) is 0 Å². The molecule has 0 atom stereocenters. The Bertz CT molecular complexity index is 1010. The minimum absolute atomic E-state index is 0.122. The van der Waals surface area contributed by atoms with Crippen molar-refractivity contribution in [3.05, 3.63) is 81.6 Å². The monoisotopic (exact) mass is 411 g/mol. The third kappa shape index (κ3) is 5.93. The molecule has 0 aliphatic carbocycles. The zero-order valence-electron chi connectivity index (χ0n) is 16.1. The van der Waals surface area contributed by atoms with E-state index in [1.807, 2.05) is 43.3 Å². The van der Waals surface area contributed by atoms with Crippen molar-refractivity contribution in [1.29, 1.82) is 0 Å². The van der Waals surface area contributed by atoms with Gasteiger partial charge in [0.2, 0.25) is 5.91 Å². The molecule has 0 radical (unpaired) electrons. The zero-order chi connectivity index (χ0) is 20.6. The number of carbonyl (C=O) groups excluding carboxylic acids is 1. The number of carbonyl (C=O) groups is 1. The third-order valence-electron chi connectivity index (χ3n) is 4.25. The van der Waals surface area contributed by atoms with E-state index in [0.717, 1.165) is 16.9 Å². The molecule has 1 amide bonds. The van der Waals surface area contributed by atoms with Gasteiger partial charge in [-0.05, 0) is 55.0 Å². The summed E-state index contributed by atoms with van der Waals surface area (Å²) in [5.41, 5.74) is 2.22. The smallest absolute Gasteiger partial charge is 0.266 e. The maximum atomic E-state index is 12.1. The average Bonchev–Trinajstić information content (AvgIpc) is 2.72. The van der Waals surface area contributed by atoms with Gasteiger partial charge in [-0.2, -0.15) is 5.10 Å². The van der Waals surface area contributed by atoms with Gasteiger partial charge in [-0.25, -0.2) is 4.68 Å². The number of halogens is 1. The lowest BCUT2D eigenvalue weighted by Gasteiger charge is -2.09. The van der Waals surface area contributed by atoms with E-state index < -0.39 is 0 Å². The number of benzene rings is 2. The number of hydrogen-bond acceptors (Lipinski definition) is 4. The molecule has 2 aromatic carbocycles. The van der Waals surface area contributed by atoms with Crippen LogP contribution in [0.5, 0.6) is 5.75 Å². The summed E-state index contributed by atoms with van der Waals surface area (Å²) in [5, 5.41) is 7.85. The third-order valence-corrected chi connectivity index (χ3v) is 4.50. The Morgan fingerprint density at radius 1 is 1.07 bits per heavy atom. The van der Waals surface area contributed by atoms with Gasteiger partial charge in [0.1, 0.15) is 5.75 Å². The number of ether oxygens (including phenoxy) is 1. The van der Waals surface area contributed by atoms with Crippen molar-refractivity contribution in [2.45, 2.75) is 19.9 Å². The van der Waals surface area contributed by atoms with E-state index in [4.69, 9.17) is 16.3 Å². The molecule has 3 aromatic rings. The highest BCUT2D eigenvalue weighted by atomic mass is 35.5. The Hall–Kier alpha value is -3.12. The summed E-state index contributed by atoms with van der Waals surface area (Å²) in [6.07, 6.45) is 0.256. The van der Waals surface area contributed by atoms with E-state index in [1.54, 1.807) is 18.2 Å². The molecular weight excluding hydrogens is 390 g/mol. The standard InChI is InChI=1S/C22H22ClN3O3/c1-2-29-19-9-5-17(6-10-19)20-11-12-22(28)26(25-20)14-13-24-21(27)15-16-3-7-18(23)8-4-16/h3-12H,2,13-15H2,1H3,(H,24,27). The SMILES string of the molecule is CCOc1ccc(-c2ccc(=O)n(CCNC(=O)Cc3ccc(Cl)cc3)n2)cc1. The minimum Gasteiger partial charge on any atom is -0.494 e. The van der Waals surface area contributed by atoms with Crippen molar-refractivity contribution in [1.82, 2.24) is 15.1 Å². The Labute approximate surface area is 174 Å². The van der Waals surface area contributed by atoms with E-state index in [9.17, 15) is 9.59 Å². The normalized spacial score (nSPS) is 10.6. The molecule has 29 heavy (non-hydrogen) atoms. The van der Waals surface area contributed by atoms with Gasteiger partial charge in [-0.1, -0.05) is 23.7 Å². The predicted octanol–water partition coefficient (Wildman–Crippen LogP) is 3.32. The first-order valence-corrected chi connectivity index (χ1v) is 9.75. The second-order valence-electron chi connectivity index (χ2n) is 6.39. The van der Waals surface area contributed by atoms with Crippen LogP contribution in [0.25, 0.3) is 11.3 Å². The summed E-state index contributed by atoms with van der Waals surface area (Å²) in [5.74, 6) is 0.663. The zero-order valence-corrected chi connectivity index (χ0v) is 16.9. The molecule has 6 nitrogen and oxygen atoms in total. The quantitative estimate of drug-likeness (QED) is 0.617. The summed E-state index contributed by atoms with van der Waals surface area (Å²) in [6, 6.07) is 17.8. The van der Waals surface area contributed by atoms with Gasteiger partial charge in [0, 0.05) is 23.2 Å². The topological polar surface area (TPSA) is 73.2 Å². The van der Waals surface area contributed by atoms with Gasteiger partial charge < -0.3 is 10.1 Å². The van der Waals surface area contributed by atoms with Crippen LogP contribution in [0.4, 0.5) is 0 Å². The molecule has 0 unspecified atom stereocenters. The maximum Gasteiger partial charge on any atom is 0.266 e. The Morgan fingerprint density at radius 3 is 2.48 bits per heavy atom. The molecule has 0 saturated heterocycles. The molecule has 150 valence electrons. The number of nitrogens with zero attached hydrogens (tertiary/aromatic N) is 2. The summed E-state index contributed by atoms with van der Waals surface area (Å²) in [6.45, 7) is 3.13. The van der Waals surface area contributed by atoms with E-state index in [0.29, 0.717) is 23.9 Å². The van der Waals surface area contributed by atoms with Crippen LogP contribution in [-0.2, 0) is 17.8 Å². The number of amides is 1. The fourth-order valence-electron chi connectivity index (χ4n) is 2.80. The van der Waals surface area contributed by atoms with Crippen LogP contribution in [0, 0.1) is 0 Å². The first kappa shape index (κ1) is 20.6. The van der Waals surface area contributed by atoms with Crippen LogP contribution in [0.2, 0.25) is 5.02 Å². The number of aromatic nitrogens is 2. The molecule has 1 heterocycles. The lowest BCUT2D eigenvalue weighted by atomic mass is 10.1. The van der Waals surface area contributed by atoms with Crippen molar-refractivity contribution in [3.8, 4) is 17.0 Å². The molecule has 0 saturated carbocycles. The van der Waals surface area contributed by atoms with E-state index in [2.05, 4.69) is 10.4 Å². The Kier molecular flexibility index (Phi) is 7.03. The maximum absolute atomic E-state index is 12.1. The fourth-order valence-corrected chi connectivity index (χ4v) is 2.93.